The SMILES string of the molecule is COc1ccc(C(=O)Oc2ccc(-c3ccc4c(c3COc3cc(F)ccc3C)N(C)C(=O)C(C)(C)N4)c(OC)c2)cc1. The maximum absolute atomic E-state index is 14.1. The van der Waals surface area contributed by atoms with Gasteiger partial charge in [-0.3, -0.25) is 4.79 Å². The lowest BCUT2D eigenvalue weighted by Gasteiger charge is -2.39. The van der Waals surface area contributed by atoms with E-state index in [0.29, 0.717) is 45.4 Å². The fourth-order valence-electron chi connectivity index (χ4n) is 5.16. The number of benzene rings is 4. The number of nitrogens with one attached hydrogen (secondary N) is 1. The molecule has 1 N–H and O–H groups in total. The molecule has 0 saturated heterocycles. The van der Waals surface area contributed by atoms with Crippen LogP contribution in [0.1, 0.15) is 35.3 Å². The van der Waals surface area contributed by atoms with E-state index in [1.165, 1.54) is 19.2 Å². The van der Waals surface area contributed by atoms with Crippen LogP contribution in [0.5, 0.6) is 23.0 Å². The Labute approximate surface area is 249 Å². The minimum Gasteiger partial charge on any atom is -0.497 e. The molecule has 0 unspecified atom stereocenters. The highest BCUT2D eigenvalue weighted by molar-refractivity contribution is 6.08. The Morgan fingerprint density at radius 3 is 2.28 bits per heavy atom. The lowest BCUT2D eigenvalue weighted by atomic mass is 9.91. The van der Waals surface area contributed by atoms with Crippen LogP contribution in [0.15, 0.2) is 72.8 Å². The molecule has 5 rings (SSSR count). The largest absolute Gasteiger partial charge is 0.497 e. The zero-order valence-electron chi connectivity index (χ0n) is 24.9. The van der Waals surface area contributed by atoms with Gasteiger partial charge in [-0.1, -0.05) is 12.1 Å². The normalized spacial score (nSPS) is 13.6. The summed E-state index contributed by atoms with van der Waals surface area (Å²) in [6.45, 7) is 5.53. The molecule has 4 aromatic carbocycles. The monoisotopic (exact) mass is 584 g/mol. The van der Waals surface area contributed by atoms with Crippen molar-refractivity contribution >= 4 is 23.3 Å². The number of anilines is 2. The Morgan fingerprint density at radius 2 is 1.58 bits per heavy atom. The molecular weight excluding hydrogens is 551 g/mol. The molecule has 1 amide bonds. The molecular formula is C34H33FN2O6. The van der Waals surface area contributed by atoms with E-state index in [4.69, 9.17) is 18.9 Å². The summed E-state index contributed by atoms with van der Waals surface area (Å²) in [5.41, 5.74) is 3.86. The lowest BCUT2D eigenvalue weighted by molar-refractivity contribution is -0.121. The van der Waals surface area contributed by atoms with Gasteiger partial charge in [0.1, 0.15) is 41.0 Å². The fraction of sp³-hybridized carbons (Fsp3) is 0.235. The molecule has 1 aliphatic rings. The molecule has 8 nitrogen and oxygen atoms in total. The Hall–Kier alpha value is -5.05. The highest BCUT2D eigenvalue weighted by Crippen LogP contribution is 2.45. The van der Waals surface area contributed by atoms with E-state index >= 15 is 0 Å². The van der Waals surface area contributed by atoms with Gasteiger partial charge in [-0.25, -0.2) is 9.18 Å². The summed E-state index contributed by atoms with van der Waals surface area (Å²) >= 11 is 0. The van der Waals surface area contributed by atoms with Crippen LogP contribution < -0.4 is 29.2 Å². The minimum absolute atomic E-state index is 0.0416. The third-order valence-corrected chi connectivity index (χ3v) is 7.43. The first-order valence-electron chi connectivity index (χ1n) is 13.7. The summed E-state index contributed by atoms with van der Waals surface area (Å²) in [6.07, 6.45) is 0. The number of carbonyl (C=O) groups excluding carboxylic acids is 2. The molecule has 0 atom stereocenters. The Balaban J connectivity index is 1.55. The van der Waals surface area contributed by atoms with Crippen LogP contribution in [0.2, 0.25) is 0 Å². The molecule has 0 radical (unpaired) electrons. The molecule has 43 heavy (non-hydrogen) atoms. The highest BCUT2D eigenvalue weighted by Gasteiger charge is 2.38. The number of halogens is 1. The van der Waals surface area contributed by atoms with Crippen molar-refractivity contribution in [2.45, 2.75) is 32.9 Å². The average Bonchev–Trinajstić information content (AvgIpc) is 3.00. The van der Waals surface area contributed by atoms with Crippen molar-refractivity contribution in [3.63, 3.8) is 0 Å². The molecule has 9 heteroatoms. The summed E-state index contributed by atoms with van der Waals surface area (Å²) in [5.74, 6) is 0.714. The van der Waals surface area contributed by atoms with Gasteiger partial charge < -0.3 is 29.2 Å². The van der Waals surface area contributed by atoms with Gasteiger partial charge in [0, 0.05) is 30.3 Å². The van der Waals surface area contributed by atoms with Gasteiger partial charge >= 0.3 is 5.97 Å². The lowest BCUT2D eigenvalue weighted by Crippen LogP contribution is -2.52. The molecule has 0 bridgehead atoms. The molecule has 1 heterocycles. The standard InChI is InChI=1S/C34H33FN2O6/c1-20-7-10-22(35)17-29(20)42-19-27-25(15-16-28-31(27)37(4)33(39)34(2,3)36-28)26-14-13-24(18-30(26)41-6)43-32(38)21-8-11-23(40-5)12-9-21/h7-18,36H,19H2,1-6H3. The van der Waals surface area contributed by atoms with Crippen LogP contribution in [0, 0.1) is 12.7 Å². The van der Waals surface area contributed by atoms with Crippen LogP contribution in [-0.4, -0.2) is 38.7 Å². The number of rotatable bonds is 8. The molecule has 4 aromatic rings. The molecule has 0 fully saturated rings. The Kier molecular flexibility index (Phi) is 8.00. The van der Waals surface area contributed by atoms with Crippen molar-refractivity contribution < 1.29 is 32.9 Å². The van der Waals surface area contributed by atoms with Gasteiger partial charge in [-0.05, 0) is 80.4 Å². The van der Waals surface area contributed by atoms with Crippen molar-refractivity contribution in [1.82, 2.24) is 0 Å². The number of hydrogen-bond acceptors (Lipinski definition) is 7. The van der Waals surface area contributed by atoms with Crippen LogP contribution in [0.4, 0.5) is 15.8 Å². The van der Waals surface area contributed by atoms with Crippen molar-refractivity contribution in [3.8, 4) is 34.1 Å². The van der Waals surface area contributed by atoms with E-state index in [-0.39, 0.29) is 12.5 Å². The first-order valence-corrected chi connectivity index (χ1v) is 13.7. The van der Waals surface area contributed by atoms with E-state index in [2.05, 4.69) is 5.32 Å². The van der Waals surface area contributed by atoms with Crippen LogP contribution in [-0.2, 0) is 11.4 Å². The Bertz CT molecular complexity index is 1700. The summed E-state index contributed by atoms with van der Waals surface area (Å²) < 4.78 is 36.7. The molecule has 222 valence electrons. The summed E-state index contributed by atoms with van der Waals surface area (Å²) in [6, 6.07) is 19.9. The number of ether oxygens (including phenoxy) is 4. The number of amides is 1. The number of hydrogen-bond donors (Lipinski definition) is 1. The average molecular weight is 585 g/mol. The molecule has 0 saturated carbocycles. The van der Waals surface area contributed by atoms with Crippen LogP contribution >= 0.6 is 0 Å². The van der Waals surface area contributed by atoms with Crippen molar-refractivity contribution in [2.75, 3.05) is 31.5 Å². The number of fused-ring (bicyclic) bond motifs is 1. The number of methoxy groups -OCH3 is 2. The summed E-state index contributed by atoms with van der Waals surface area (Å²) in [7, 11) is 4.80. The van der Waals surface area contributed by atoms with E-state index in [9.17, 15) is 14.0 Å². The predicted octanol–water partition coefficient (Wildman–Crippen LogP) is 6.78. The van der Waals surface area contributed by atoms with Crippen LogP contribution in [0.25, 0.3) is 11.1 Å². The Morgan fingerprint density at radius 1 is 0.884 bits per heavy atom. The van der Waals surface area contributed by atoms with Gasteiger partial charge in [0.2, 0.25) is 0 Å². The maximum atomic E-state index is 14.1. The molecule has 1 aliphatic heterocycles. The second-order valence-electron chi connectivity index (χ2n) is 10.8. The third kappa shape index (κ3) is 5.83. The van der Waals surface area contributed by atoms with Gasteiger partial charge in [0.25, 0.3) is 5.91 Å². The molecule has 0 spiro atoms. The summed E-state index contributed by atoms with van der Waals surface area (Å²) in [4.78, 5) is 27.7. The van der Waals surface area contributed by atoms with Crippen molar-refractivity contribution in [1.29, 1.82) is 0 Å². The first kappa shape index (κ1) is 29.4. The van der Waals surface area contributed by atoms with E-state index in [1.807, 2.05) is 32.9 Å². The fourth-order valence-corrected chi connectivity index (χ4v) is 5.16. The predicted molar refractivity (Wildman–Crippen MR) is 163 cm³/mol. The maximum Gasteiger partial charge on any atom is 0.343 e. The van der Waals surface area contributed by atoms with Gasteiger partial charge in [-0.15, -0.1) is 0 Å². The van der Waals surface area contributed by atoms with E-state index in [0.717, 1.165) is 16.8 Å². The van der Waals surface area contributed by atoms with Gasteiger partial charge in [-0.2, -0.15) is 0 Å². The first-order chi connectivity index (χ1) is 20.5. The quantitative estimate of drug-likeness (QED) is 0.180. The van der Waals surface area contributed by atoms with Crippen molar-refractivity contribution in [2.24, 2.45) is 0 Å². The molecule has 0 aliphatic carbocycles. The number of likely N-dealkylation sites (N-methyl/N-ethyl adjacent to an activating group) is 1. The van der Waals surface area contributed by atoms with E-state index in [1.54, 1.807) is 67.6 Å². The second kappa shape index (κ2) is 11.7. The number of carbonyl (C=O) groups is 2. The number of nitrogens with zero attached hydrogens (tertiary/aromatic N) is 1. The van der Waals surface area contributed by atoms with Crippen molar-refractivity contribution in [3.05, 3.63) is 95.3 Å². The topological polar surface area (TPSA) is 86.3 Å². The van der Waals surface area contributed by atoms with E-state index < -0.39 is 17.3 Å². The smallest absolute Gasteiger partial charge is 0.343 e. The van der Waals surface area contributed by atoms with Gasteiger partial charge in [0.15, 0.2) is 0 Å². The zero-order valence-corrected chi connectivity index (χ0v) is 24.9. The number of aryl methyl sites for hydroxylation is 1. The molecule has 0 aromatic heterocycles. The third-order valence-electron chi connectivity index (χ3n) is 7.43. The second-order valence-corrected chi connectivity index (χ2v) is 10.8. The van der Waals surface area contributed by atoms with Crippen LogP contribution in [0.3, 0.4) is 0 Å². The zero-order chi connectivity index (χ0) is 30.9. The highest BCUT2D eigenvalue weighted by atomic mass is 19.1. The number of esters is 1. The minimum atomic E-state index is -0.812. The summed E-state index contributed by atoms with van der Waals surface area (Å²) in [5, 5.41) is 3.33. The van der Waals surface area contributed by atoms with Gasteiger partial charge in [0.05, 0.1) is 31.2 Å².